The fraction of sp³-hybridized carbons (Fsp3) is 0.125. The molecule has 0 aromatic heterocycles. The van der Waals surface area contributed by atoms with E-state index in [0.29, 0.717) is 5.69 Å². The molecule has 2 amide bonds. The SMILES string of the molecule is Cc1cccc(C)c1NC(=O)N/N=C/c1c(F)cc(Br)cc1F. The Balaban J connectivity index is 2.05. The number of aryl methyl sites for hydroxylation is 2. The van der Waals surface area contributed by atoms with Gasteiger partial charge in [0.15, 0.2) is 0 Å². The Kier molecular flexibility index (Phi) is 5.44. The molecule has 0 saturated heterocycles. The summed E-state index contributed by atoms with van der Waals surface area (Å²) in [6.07, 6.45) is 0.918. The van der Waals surface area contributed by atoms with E-state index in [9.17, 15) is 13.6 Å². The summed E-state index contributed by atoms with van der Waals surface area (Å²) in [5.41, 5.74) is 4.31. The lowest BCUT2D eigenvalue weighted by Crippen LogP contribution is -2.25. The molecule has 0 aliphatic carbocycles. The summed E-state index contributed by atoms with van der Waals surface area (Å²) in [6, 6.07) is 7.22. The van der Waals surface area contributed by atoms with E-state index in [1.54, 1.807) is 0 Å². The van der Waals surface area contributed by atoms with Crippen LogP contribution in [0.5, 0.6) is 0 Å². The normalized spacial score (nSPS) is 10.8. The third-order valence-electron chi connectivity index (χ3n) is 3.12. The van der Waals surface area contributed by atoms with Crippen LogP contribution in [0.2, 0.25) is 0 Å². The van der Waals surface area contributed by atoms with Crippen LogP contribution in [0.1, 0.15) is 16.7 Å². The molecule has 7 heteroatoms. The molecular weight excluding hydrogens is 368 g/mol. The molecule has 0 fully saturated rings. The largest absolute Gasteiger partial charge is 0.339 e. The first kappa shape index (κ1) is 17.1. The van der Waals surface area contributed by atoms with Gasteiger partial charge in [0.05, 0.1) is 11.8 Å². The van der Waals surface area contributed by atoms with Gasteiger partial charge in [0, 0.05) is 10.2 Å². The lowest BCUT2D eigenvalue weighted by molar-refractivity contribution is 0.252. The second-order valence-electron chi connectivity index (χ2n) is 4.87. The molecule has 0 atom stereocenters. The summed E-state index contributed by atoms with van der Waals surface area (Å²) in [5.74, 6) is -1.56. The number of anilines is 1. The van der Waals surface area contributed by atoms with E-state index in [1.807, 2.05) is 32.0 Å². The predicted molar refractivity (Wildman–Crippen MR) is 89.7 cm³/mol. The average molecular weight is 382 g/mol. The summed E-state index contributed by atoms with van der Waals surface area (Å²) in [4.78, 5) is 11.8. The van der Waals surface area contributed by atoms with Gasteiger partial charge < -0.3 is 5.32 Å². The van der Waals surface area contributed by atoms with Crippen LogP contribution in [0, 0.1) is 25.5 Å². The van der Waals surface area contributed by atoms with Crippen molar-refractivity contribution in [2.24, 2.45) is 5.10 Å². The summed E-state index contributed by atoms with van der Waals surface area (Å²) < 4.78 is 27.5. The van der Waals surface area contributed by atoms with Gasteiger partial charge in [0.25, 0.3) is 0 Å². The second kappa shape index (κ2) is 7.32. The Morgan fingerprint density at radius 3 is 2.30 bits per heavy atom. The maximum atomic E-state index is 13.6. The predicted octanol–water partition coefficient (Wildman–Crippen LogP) is 4.50. The van der Waals surface area contributed by atoms with Gasteiger partial charge in [-0.25, -0.2) is 19.0 Å². The number of hydrazone groups is 1. The van der Waals surface area contributed by atoms with Crippen molar-refractivity contribution in [1.82, 2.24) is 5.43 Å². The van der Waals surface area contributed by atoms with Crippen molar-refractivity contribution in [3.8, 4) is 0 Å². The van der Waals surface area contributed by atoms with Gasteiger partial charge in [-0.1, -0.05) is 34.1 Å². The van der Waals surface area contributed by atoms with E-state index in [2.05, 4.69) is 31.8 Å². The molecule has 0 spiro atoms. The number of halogens is 3. The number of carbonyl (C=O) groups is 1. The Bertz CT molecular complexity index is 735. The van der Waals surface area contributed by atoms with Crippen molar-refractivity contribution in [2.45, 2.75) is 13.8 Å². The maximum absolute atomic E-state index is 13.6. The van der Waals surface area contributed by atoms with E-state index < -0.39 is 17.7 Å². The minimum atomic E-state index is -0.780. The van der Waals surface area contributed by atoms with E-state index in [0.717, 1.165) is 29.5 Å². The molecule has 0 saturated carbocycles. The summed E-state index contributed by atoms with van der Waals surface area (Å²) in [6.45, 7) is 3.72. The van der Waals surface area contributed by atoms with Gasteiger partial charge in [-0.05, 0) is 37.1 Å². The molecule has 0 aliphatic rings. The highest BCUT2D eigenvalue weighted by Crippen LogP contribution is 2.19. The first-order valence-corrected chi connectivity index (χ1v) is 7.48. The number of nitrogens with one attached hydrogen (secondary N) is 2. The second-order valence-corrected chi connectivity index (χ2v) is 5.79. The molecule has 23 heavy (non-hydrogen) atoms. The Hall–Kier alpha value is -2.28. The van der Waals surface area contributed by atoms with Crippen LogP contribution >= 0.6 is 15.9 Å². The van der Waals surface area contributed by atoms with Gasteiger partial charge in [0.1, 0.15) is 11.6 Å². The van der Waals surface area contributed by atoms with Gasteiger partial charge in [-0.15, -0.1) is 0 Å². The third kappa shape index (κ3) is 4.35. The highest BCUT2D eigenvalue weighted by molar-refractivity contribution is 9.10. The minimum Gasteiger partial charge on any atom is -0.306 e. The molecule has 2 N–H and O–H groups in total. The topological polar surface area (TPSA) is 53.5 Å². The van der Waals surface area contributed by atoms with Crippen molar-refractivity contribution < 1.29 is 13.6 Å². The number of nitrogens with zero attached hydrogens (tertiary/aromatic N) is 1. The zero-order valence-corrected chi connectivity index (χ0v) is 14.0. The van der Waals surface area contributed by atoms with Crippen molar-refractivity contribution in [1.29, 1.82) is 0 Å². The first-order chi connectivity index (χ1) is 10.9. The standard InChI is InChI=1S/C16H14BrF2N3O/c1-9-4-3-5-10(2)15(9)21-16(23)22-20-8-12-13(18)6-11(17)7-14(12)19/h3-8H,1-2H3,(H2,21,22,23)/b20-8+. The molecule has 120 valence electrons. The number of benzene rings is 2. The Labute approximate surface area is 140 Å². The van der Waals surface area contributed by atoms with Gasteiger partial charge in [-0.2, -0.15) is 5.10 Å². The molecule has 2 aromatic rings. The quantitative estimate of drug-likeness (QED) is 0.596. The molecule has 4 nitrogen and oxygen atoms in total. The first-order valence-electron chi connectivity index (χ1n) is 6.69. The summed E-state index contributed by atoms with van der Waals surface area (Å²) in [5, 5.41) is 6.21. The highest BCUT2D eigenvalue weighted by Gasteiger charge is 2.09. The summed E-state index contributed by atoms with van der Waals surface area (Å²) >= 11 is 2.98. The van der Waals surface area contributed by atoms with Crippen molar-refractivity contribution in [3.63, 3.8) is 0 Å². The molecule has 0 heterocycles. The third-order valence-corrected chi connectivity index (χ3v) is 3.58. The number of carbonyl (C=O) groups excluding carboxylic acids is 1. The zero-order chi connectivity index (χ0) is 17.0. The molecule has 2 rings (SSSR count). The van der Waals surface area contributed by atoms with Crippen LogP contribution in [0.25, 0.3) is 0 Å². The zero-order valence-electron chi connectivity index (χ0n) is 12.5. The van der Waals surface area contributed by atoms with Crippen molar-refractivity contribution >= 4 is 33.9 Å². The lowest BCUT2D eigenvalue weighted by Gasteiger charge is -2.10. The van der Waals surface area contributed by atoms with E-state index in [4.69, 9.17) is 0 Å². The number of amides is 2. The van der Waals surface area contributed by atoms with Crippen molar-refractivity contribution in [2.75, 3.05) is 5.32 Å². The van der Waals surface area contributed by atoms with Crippen LogP contribution in [-0.2, 0) is 0 Å². The fourth-order valence-electron chi connectivity index (χ4n) is 1.99. The van der Waals surface area contributed by atoms with E-state index in [-0.39, 0.29) is 10.0 Å². The van der Waals surface area contributed by atoms with Crippen LogP contribution < -0.4 is 10.7 Å². The van der Waals surface area contributed by atoms with Crippen LogP contribution in [0.4, 0.5) is 19.3 Å². The highest BCUT2D eigenvalue weighted by atomic mass is 79.9. The van der Waals surface area contributed by atoms with Gasteiger partial charge in [-0.3, -0.25) is 0 Å². The maximum Gasteiger partial charge on any atom is 0.339 e. The van der Waals surface area contributed by atoms with Crippen molar-refractivity contribution in [3.05, 3.63) is 63.1 Å². The monoisotopic (exact) mass is 381 g/mol. The van der Waals surface area contributed by atoms with Gasteiger partial charge >= 0.3 is 6.03 Å². The molecule has 0 radical (unpaired) electrons. The molecule has 0 unspecified atom stereocenters. The number of hydrogen-bond donors (Lipinski definition) is 2. The van der Waals surface area contributed by atoms with E-state index >= 15 is 0 Å². The smallest absolute Gasteiger partial charge is 0.306 e. The number of urea groups is 1. The molecule has 2 aromatic carbocycles. The molecule has 0 bridgehead atoms. The number of hydrogen-bond acceptors (Lipinski definition) is 2. The molecular formula is C16H14BrF2N3O. The number of para-hydroxylation sites is 1. The Morgan fingerprint density at radius 2 is 1.74 bits per heavy atom. The van der Waals surface area contributed by atoms with Crippen LogP contribution in [0.15, 0.2) is 39.9 Å². The number of rotatable bonds is 3. The lowest BCUT2D eigenvalue weighted by atomic mass is 10.1. The molecule has 0 aliphatic heterocycles. The average Bonchev–Trinajstić information content (AvgIpc) is 2.46. The fourth-order valence-corrected chi connectivity index (χ4v) is 2.39. The van der Waals surface area contributed by atoms with E-state index in [1.165, 1.54) is 0 Å². The minimum absolute atomic E-state index is 0.283. The van der Waals surface area contributed by atoms with Crippen LogP contribution in [-0.4, -0.2) is 12.2 Å². The summed E-state index contributed by atoms with van der Waals surface area (Å²) in [7, 11) is 0. The van der Waals surface area contributed by atoms with Gasteiger partial charge in [0.2, 0.25) is 0 Å². The van der Waals surface area contributed by atoms with Crippen LogP contribution in [0.3, 0.4) is 0 Å². The Morgan fingerprint density at radius 1 is 1.17 bits per heavy atom.